The first kappa shape index (κ1) is 12.0. The van der Waals surface area contributed by atoms with Gasteiger partial charge in [0.15, 0.2) is 0 Å². The highest BCUT2D eigenvalue weighted by Gasteiger charge is 2.27. The van der Waals surface area contributed by atoms with Crippen LogP contribution in [-0.2, 0) is 0 Å². The van der Waals surface area contributed by atoms with Crippen molar-refractivity contribution in [1.29, 1.82) is 0 Å². The van der Waals surface area contributed by atoms with Crippen molar-refractivity contribution < 1.29 is 5.11 Å². The number of hydrogen-bond donors (Lipinski definition) is 2. The molecule has 2 heteroatoms. The van der Waals surface area contributed by atoms with Crippen molar-refractivity contribution in [3.8, 4) is 0 Å². The lowest BCUT2D eigenvalue weighted by molar-refractivity contribution is 0.0330. The highest BCUT2D eigenvalue weighted by atomic mass is 16.3. The van der Waals surface area contributed by atoms with Gasteiger partial charge in [0.2, 0.25) is 0 Å². The van der Waals surface area contributed by atoms with Gasteiger partial charge < -0.3 is 10.4 Å². The number of rotatable bonds is 5. The molecule has 0 aromatic carbocycles. The van der Waals surface area contributed by atoms with E-state index in [2.05, 4.69) is 19.2 Å². The molecule has 0 amide bonds. The summed E-state index contributed by atoms with van der Waals surface area (Å²) in [6.45, 7) is 6.92. The second kappa shape index (κ2) is 5.13. The van der Waals surface area contributed by atoms with Crippen molar-refractivity contribution in [1.82, 2.24) is 5.32 Å². The minimum absolute atomic E-state index is 0.463. The van der Waals surface area contributed by atoms with Crippen LogP contribution in [-0.4, -0.2) is 23.3 Å². The summed E-state index contributed by atoms with van der Waals surface area (Å²) in [7, 11) is 0. The topological polar surface area (TPSA) is 32.3 Å². The molecule has 0 spiro atoms. The Labute approximate surface area is 88.1 Å². The van der Waals surface area contributed by atoms with E-state index in [9.17, 15) is 5.11 Å². The molecule has 2 N–H and O–H groups in total. The SMILES string of the molecule is CC(C)NCC(C)(O)CC1CCCC1. The van der Waals surface area contributed by atoms with Gasteiger partial charge in [-0.3, -0.25) is 0 Å². The minimum atomic E-state index is -0.515. The van der Waals surface area contributed by atoms with Crippen molar-refractivity contribution in [2.75, 3.05) is 6.54 Å². The van der Waals surface area contributed by atoms with E-state index in [0.29, 0.717) is 6.04 Å². The maximum absolute atomic E-state index is 10.2. The van der Waals surface area contributed by atoms with Crippen LogP contribution in [0.5, 0.6) is 0 Å². The average Bonchev–Trinajstić information content (AvgIpc) is 2.53. The van der Waals surface area contributed by atoms with E-state index in [0.717, 1.165) is 18.9 Å². The van der Waals surface area contributed by atoms with Crippen LogP contribution in [0.3, 0.4) is 0 Å². The largest absolute Gasteiger partial charge is 0.389 e. The Hall–Kier alpha value is -0.0800. The highest BCUT2D eigenvalue weighted by molar-refractivity contribution is 4.82. The Balaban J connectivity index is 2.25. The molecular weight excluding hydrogens is 174 g/mol. The van der Waals surface area contributed by atoms with E-state index in [1.807, 2.05) is 6.92 Å². The van der Waals surface area contributed by atoms with Gasteiger partial charge in [0, 0.05) is 12.6 Å². The lowest BCUT2D eigenvalue weighted by Crippen LogP contribution is -2.41. The van der Waals surface area contributed by atoms with Crippen LogP contribution in [0.4, 0.5) is 0 Å². The first-order valence-corrected chi connectivity index (χ1v) is 5.95. The third kappa shape index (κ3) is 4.43. The second-order valence-electron chi connectivity index (χ2n) is 5.39. The van der Waals surface area contributed by atoms with Crippen molar-refractivity contribution in [3.05, 3.63) is 0 Å². The van der Waals surface area contributed by atoms with Crippen LogP contribution in [0.2, 0.25) is 0 Å². The molecule has 0 aromatic heterocycles. The summed E-state index contributed by atoms with van der Waals surface area (Å²) < 4.78 is 0. The van der Waals surface area contributed by atoms with Gasteiger partial charge in [0.05, 0.1) is 5.60 Å². The summed E-state index contributed by atoms with van der Waals surface area (Å²) in [6.07, 6.45) is 6.32. The normalized spacial score (nSPS) is 22.9. The summed E-state index contributed by atoms with van der Waals surface area (Å²) in [5.41, 5.74) is -0.515. The zero-order valence-corrected chi connectivity index (χ0v) is 9.84. The van der Waals surface area contributed by atoms with E-state index in [-0.39, 0.29) is 0 Å². The molecule has 1 aliphatic rings. The first-order chi connectivity index (χ1) is 6.49. The van der Waals surface area contributed by atoms with E-state index in [4.69, 9.17) is 0 Å². The molecule has 1 unspecified atom stereocenters. The lowest BCUT2D eigenvalue weighted by Gasteiger charge is -2.27. The molecule has 0 aromatic rings. The van der Waals surface area contributed by atoms with Gasteiger partial charge in [0.25, 0.3) is 0 Å². The van der Waals surface area contributed by atoms with Gasteiger partial charge in [-0.25, -0.2) is 0 Å². The molecule has 1 fully saturated rings. The fraction of sp³-hybridized carbons (Fsp3) is 1.00. The number of hydrogen-bond acceptors (Lipinski definition) is 2. The Bertz CT molecular complexity index is 160. The number of nitrogens with one attached hydrogen (secondary N) is 1. The van der Waals surface area contributed by atoms with Gasteiger partial charge >= 0.3 is 0 Å². The van der Waals surface area contributed by atoms with Crippen molar-refractivity contribution in [2.24, 2.45) is 5.92 Å². The van der Waals surface area contributed by atoms with Crippen LogP contribution in [0, 0.1) is 5.92 Å². The molecule has 2 nitrogen and oxygen atoms in total. The summed E-state index contributed by atoms with van der Waals surface area (Å²) in [6, 6.07) is 0.463. The molecule has 14 heavy (non-hydrogen) atoms. The van der Waals surface area contributed by atoms with Crippen LogP contribution >= 0.6 is 0 Å². The van der Waals surface area contributed by atoms with E-state index in [1.165, 1.54) is 25.7 Å². The molecule has 1 atom stereocenters. The zero-order valence-electron chi connectivity index (χ0n) is 9.84. The van der Waals surface area contributed by atoms with Gasteiger partial charge in [-0.15, -0.1) is 0 Å². The Morgan fingerprint density at radius 3 is 2.43 bits per heavy atom. The average molecular weight is 199 g/mol. The van der Waals surface area contributed by atoms with Crippen LogP contribution in [0.15, 0.2) is 0 Å². The van der Waals surface area contributed by atoms with Crippen molar-refractivity contribution >= 4 is 0 Å². The molecule has 0 saturated heterocycles. The molecule has 0 bridgehead atoms. The summed E-state index contributed by atoms with van der Waals surface area (Å²) in [5, 5.41) is 13.5. The highest BCUT2D eigenvalue weighted by Crippen LogP contribution is 2.31. The fourth-order valence-corrected chi connectivity index (χ4v) is 2.33. The third-order valence-corrected chi connectivity index (χ3v) is 3.09. The molecule has 0 heterocycles. The van der Waals surface area contributed by atoms with Crippen LogP contribution < -0.4 is 5.32 Å². The maximum atomic E-state index is 10.2. The minimum Gasteiger partial charge on any atom is -0.389 e. The van der Waals surface area contributed by atoms with Gasteiger partial charge in [-0.1, -0.05) is 39.5 Å². The molecule has 0 aliphatic heterocycles. The Morgan fingerprint density at radius 1 is 1.36 bits per heavy atom. The Kier molecular flexibility index (Phi) is 4.39. The first-order valence-electron chi connectivity index (χ1n) is 5.95. The van der Waals surface area contributed by atoms with Gasteiger partial charge in [0.1, 0.15) is 0 Å². The molecule has 1 saturated carbocycles. The standard InChI is InChI=1S/C12H25NO/c1-10(2)13-9-12(3,14)8-11-6-4-5-7-11/h10-11,13-14H,4-9H2,1-3H3. The summed E-state index contributed by atoms with van der Waals surface area (Å²) in [5.74, 6) is 0.763. The quantitative estimate of drug-likeness (QED) is 0.712. The number of aliphatic hydroxyl groups is 1. The summed E-state index contributed by atoms with van der Waals surface area (Å²) >= 11 is 0. The van der Waals surface area contributed by atoms with E-state index >= 15 is 0 Å². The second-order valence-corrected chi connectivity index (χ2v) is 5.39. The molecule has 84 valence electrons. The van der Waals surface area contributed by atoms with Crippen molar-refractivity contribution in [2.45, 2.75) is 64.5 Å². The van der Waals surface area contributed by atoms with Gasteiger partial charge in [-0.05, 0) is 19.3 Å². The smallest absolute Gasteiger partial charge is 0.0746 e. The molecule has 1 rings (SSSR count). The molecule has 0 radical (unpaired) electrons. The third-order valence-electron chi connectivity index (χ3n) is 3.09. The predicted molar refractivity (Wildman–Crippen MR) is 60.3 cm³/mol. The fourth-order valence-electron chi connectivity index (χ4n) is 2.33. The van der Waals surface area contributed by atoms with Crippen LogP contribution in [0.1, 0.15) is 52.9 Å². The molecule has 1 aliphatic carbocycles. The predicted octanol–water partition coefficient (Wildman–Crippen LogP) is 2.32. The van der Waals surface area contributed by atoms with Crippen LogP contribution in [0.25, 0.3) is 0 Å². The zero-order chi connectivity index (χ0) is 10.6. The lowest BCUT2D eigenvalue weighted by atomic mass is 9.90. The van der Waals surface area contributed by atoms with E-state index < -0.39 is 5.60 Å². The van der Waals surface area contributed by atoms with Gasteiger partial charge in [-0.2, -0.15) is 0 Å². The maximum Gasteiger partial charge on any atom is 0.0746 e. The van der Waals surface area contributed by atoms with Crippen molar-refractivity contribution in [3.63, 3.8) is 0 Å². The summed E-state index contributed by atoms with van der Waals surface area (Å²) in [4.78, 5) is 0. The Morgan fingerprint density at radius 2 is 1.93 bits per heavy atom. The monoisotopic (exact) mass is 199 g/mol. The molecular formula is C12H25NO. The van der Waals surface area contributed by atoms with E-state index in [1.54, 1.807) is 0 Å².